The summed E-state index contributed by atoms with van der Waals surface area (Å²) < 4.78 is 2.98. The van der Waals surface area contributed by atoms with Crippen LogP contribution in [0.1, 0.15) is 0 Å². The molecule has 5 heteroatoms. The molecule has 0 nitrogen and oxygen atoms in total. The van der Waals surface area contributed by atoms with E-state index in [1.54, 1.807) is 15.1 Å². The van der Waals surface area contributed by atoms with Crippen molar-refractivity contribution in [1.29, 1.82) is 0 Å². The fourth-order valence-corrected chi connectivity index (χ4v) is 9.84. The summed E-state index contributed by atoms with van der Waals surface area (Å²) >= 11 is 15.4. The van der Waals surface area contributed by atoms with E-state index in [0.29, 0.717) is 0 Å². The average Bonchev–Trinajstić information content (AvgIpc) is 2.70. The molecule has 1 aromatic heterocycles. The number of thiophene rings is 1. The number of rotatable bonds is 0. The zero-order valence-electron chi connectivity index (χ0n) is 6.38. The second kappa shape index (κ2) is 3.14. The van der Waals surface area contributed by atoms with Crippen molar-refractivity contribution in [2.75, 3.05) is 0 Å². The second-order valence-electron chi connectivity index (χ2n) is 2.87. The molecule has 0 spiro atoms. The SMILES string of the molecule is ClC1=[C]2[GeH]=[c]3sccc3=C2SC1Cl. The Hall–Kier alpha value is 0.783. The van der Waals surface area contributed by atoms with Crippen LogP contribution < -0.4 is 5.22 Å². The van der Waals surface area contributed by atoms with E-state index in [1.807, 2.05) is 11.3 Å². The van der Waals surface area contributed by atoms with Gasteiger partial charge in [-0.2, -0.15) is 0 Å². The molecule has 3 rings (SSSR count). The van der Waals surface area contributed by atoms with Gasteiger partial charge < -0.3 is 0 Å². The number of halogens is 2. The third kappa shape index (κ3) is 1.23. The summed E-state index contributed by atoms with van der Waals surface area (Å²) in [4.78, 5) is 1.38. The van der Waals surface area contributed by atoms with Crippen LogP contribution in [-0.4, -0.2) is 19.7 Å². The van der Waals surface area contributed by atoms with Gasteiger partial charge in [0.15, 0.2) is 0 Å². The van der Waals surface area contributed by atoms with Gasteiger partial charge in [-0.25, -0.2) is 0 Å². The molecule has 1 atom stereocenters. The summed E-state index contributed by atoms with van der Waals surface area (Å²) in [7, 11) is 0. The average molecular weight is 308 g/mol. The Morgan fingerprint density at radius 2 is 2.31 bits per heavy atom. The van der Waals surface area contributed by atoms with Crippen molar-refractivity contribution in [3.8, 4) is 0 Å². The van der Waals surface area contributed by atoms with E-state index in [-0.39, 0.29) is 4.71 Å². The Labute approximate surface area is 99.6 Å². The van der Waals surface area contributed by atoms with Crippen LogP contribution in [-0.2, 0) is 0 Å². The van der Waals surface area contributed by atoms with Gasteiger partial charge in [0, 0.05) is 0 Å². The summed E-state index contributed by atoms with van der Waals surface area (Å²) in [5, 5.41) is 4.50. The van der Waals surface area contributed by atoms with Crippen LogP contribution in [0.25, 0.3) is 4.91 Å². The number of alkyl halides is 1. The van der Waals surface area contributed by atoms with Crippen LogP contribution in [0.15, 0.2) is 20.9 Å². The Bertz CT molecular complexity index is 529. The van der Waals surface area contributed by atoms with Gasteiger partial charge in [-0.1, -0.05) is 0 Å². The third-order valence-electron chi connectivity index (χ3n) is 2.14. The molecular formula is C8H4Cl2GeS2. The zero-order valence-corrected chi connectivity index (χ0v) is 11.9. The van der Waals surface area contributed by atoms with E-state index in [0.717, 1.165) is 5.03 Å². The minimum absolute atomic E-state index is 0.0168. The molecule has 2 aliphatic rings. The van der Waals surface area contributed by atoms with Crippen molar-refractivity contribution in [3.05, 3.63) is 29.4 Å². The Morgan fingerprint density at radius 3 is 3.15 bits per heavy atom. The molecule has 0 fully saturated rings. The van der Waals surface area contributed by atoms with E-state index in [1.165, 1.54) is 14.5 Å². The molecule has 0 aromatic carbocycles. The number of fused-ring (bicyclic) bond motifs is 2. The Balaban J connectivity index is 2.42. The van der Waals surface area contributed by atoms with E-state index in [2.05, 4.69) is 11.4 Å². The summed E-state index contributed by atoms with van der Waals surface area (Å²) in [5.74, 6) is 0. The van der Waals surface area contributed by atoms with Crippen LogP contribution >= 0.6 is 46.3 Å². The quantitative estimate of drug-likeness (QED) is 0.524. The van der Waals surface area contributed by atoms with Gasteiger partial charge in [-0.05, 0) is 0 Å². The van der Waals surface area contributed by atoms with E-state index >= 15 is 0 Å². The van der Waals surface area contributed by atoms with Gasteiger partial charge >= 0.3 is 100 Å². The molecule has 0 aliphatic carbocycles. The first kappa shape index (κ1) is 9.04. The molecule has 66 valence electrons. The molecule has 0 radical (unpaired) electrons. The van der Waals surface area contributed by atoms with Gasteiger partial charge in [-0.3, -0.25) is 0 Å². The topological polar surface area (TPSA) is 0 Å². The van der Waals surface area contributed by atoms with E-state index in [4.69, 9.17) is 23.2 Å². The first-order valence-electron chi connectivity index (χ1n) is 3.77. The maximum atomic E-state index is 6.16. The Kier molecular flexibility index (Phi) is 2.18. The van der Waals surface area contributed by atoms with Crippen LogP contribution in [0.2, 0.25) is 0 Å². The predicted octanol–water partition coefficient (Wildman–Crippen LogP) is 2.32. The summed E-state index contributed by atoms with van der Waals surface area (Å²) in [6.07, 6.45) is 0. The van der Waals surface area contributed by atoms with Crippen LogP contribution in [0.4, 0.5) is 0 Å². The minimum atomic E-state index is -0.452. The van der Waals surface area contributed by atoms with E-state index < -0.39 is 15.0 Å². The molecule has 0 amide bonds. The van der Waals surface area contributed by atoms with Crippen LogP contribution in [0.5, 0.6) is 0 Å². The molecular weight excluding hydrogens is 304 g/mol. The predicted molar refractivity (Wildman–Crippen MR) is 63.4 cm³/mol. The Morgan fingerprint density at radius 1 is 1.46 bits per heavy atom. The third-order valence-corrected chi connectivity index (χ3v) is 10.5. The first-order valence-corrected chi connectivity index (χ1v) is 8.77. The maximum absolute atomic E-state index is 6.16. The molecule has 0 saturated heterocycles. The molecule has 0 N–H and O–H groups in total. The molecule has 1 unspecified atom stereocenters. The fourth-order valence-electron chi connectivity index (χ4n) is 1.54. The molecule has 0 bridgehead atoms. The van der Waals surface area contributed by atoms with Crippen molar-refractivity contribution in [1.82, 2.24) is 0 Å². The number of hydrogen-bond acceptors (Lipinski definition) is 2. The van der Waals surface area contributed by atoms with Gasteiger partial charge in [0.05, 0.1) is 0 Å². The monoisotopic (exact) mass is 308 g/mol. The van der Waals surface area contributed by atoms with Crippen molar-refractivity contribution in [2.24, 2.45) is 0 Å². The fraction of sp³-hybridized carbons (Fsp3) is 0.125. The van der Waals surface area contributed by atoms with Crippen LogP contribution in [0, 0.1) is 3.31 Å². The van der Waals surface area contributed by atoms with E-state index in [9.17, 15) is 0 Å². The van der Waals surface area contributed by atoms with Gasteiger partial charge in [0.2, 0.25) is 0 Å². The molecule has 3 heterocycles. The number of thioether (sulfide) groups is 1. The summed E-state index contributed by atoms with van der Waals surface area (Å²) in [6.45, 7) is 0. The number of hydrogen-bond donors (Lipinski definition) is 0. The molecule has 2 aliphatic heterocycles. The van der Waals surface area contributed by atoms with Gasteiger partial charge in [-0.15, -0.1) is 0 Å². The standard InChI is InChI=1S/C8H4Cl2GeS2/c9-4-5-6(13-7(4)10)3-1-2-12-8(3)11-5/h1-2,7,11H. The van der Waals surface area contributed by atoms with Gasteiger partial charge in [0.1, 0.15) is 0 Å². The van der Waals surface area contributed by atoms with Crippen molar-refractivity contribution in [3.63, 3.8) is 0 Å². The molecule has 1 aromatic rings. The summed E-state index contributed by atoms with van der Waals surface area (Å²) in [6, 6.07) is 2.20. The molecule has 13 heavy (non-hydrogen) atoms. The zero-order chi connectivity index (χ0) is 9.00. The summed E-state index contributed by atoms with van der Waals surface area (Å²) in [5.41, 5.74) is 0. The first-order chi connectivity index (χ1) is 6.27. The normalized spacial score (nSPS) is 24.8. The van der Waals surface area contributed by atoms with Gasteiger partial charge in [0.25, 0.3) is 0 Å². The van der Waals surface area contributed by atoms with Crippen LogP contribution in [0.3, 0.4) is 0 Å². The second-order valence-corrected chi connectivity index (χ2v) is 9.94. The van der Waals surface area contributed by atoms with Crippen molar-refractivity contribution in [2.45, 2.75) is 4.71 Å². The molecule has 0 saturated carbocycles. The van der Waals surface area contributed by atoms with Crippen molar-refractivity contribution < 1.29 is 0 Å². The van der Waals surface area contributed by atoms with Crippen molar-refractivity contribution >= 4 is 66.2 Å².